The van der Waals surface area contributed by atoms with Crippen molar-refractivity contribution in [1.82, 2.24) is 9.88 Å². The molecule has 0 aliphatic heterocycles. The number of hydrogen-bond acceptors (Lipinski definition) is 6. The van der Waals surface area contributed by atoms with E-state index in [-0.39, 0.29) is 5.91 Å². The lowest BCUT2D eigenvalue weighted by molar-refractivity contribution is 0.103. The molecule has 23 heavy (non-hydrogen) atoms. The highest BCUT2D eigenvalue weighted by atomic mass is 32.1. The van der Waals surface area contributed by atoms with Crippen molar-refractivity contribution in [2.24, 2.45) is 0 Å². The van der Waals surface area contributed by atoms with Crippen LogP contribution in [-0.2, 0) is 6.54 Å². The first-order valence-electron chi connectivity index (χ1n) is 7.09. The molecule has 1 heterocycles. The Morgan fingerprint density at radius 2 is 1.96 bits per heavy atom. The van der Waals surface area contributed by atoms with E-state index >= 15 is 0 Å². The van der Waals surface area contributed by atoms with Gasteiger partial charge in [0, 0.05) is 18.3 Å². The molecule has 0 spiro atoms. The fraction of sp³-hybridized carbons (Fsp3) is 0.375. The molecule has 0 saturated carbocycles. The van der Waals surface area contributed by atoms with Gasteiger partial charge in [0.15, 0.2) is 11.5 Å². The van der Waals surface area contributed by atoms with Gasteiger partial charge in [-0.3, -0.25) is 4.79 Å². The quantitative estimate of drug-likeness (QED) is 0.879. The first kappa shape index (κ1) is 17.2. The number of carbonyl (C=O) groups excluding carboxylic acids is 1. The van der Waals surface area contributed by atoms with Crippen LogP contribution in [0, 0.1) is 6.92 Å². The van der Waals surface area contributed by atoms with Crippen molar-refractivity contribution in [2.75, 3.05) is 33.6 Å². The fourth-order valence-corrected chi connectivity index (χ4v) is 3.18. The number of rotatable bonds is 6. The van der Waals surface area contributed by atoms with Crippen LogP contribution in [-0.4, -0.2) is 44.1 Å². The molecule has 124 valence electrons. The van der Waals surface area contributed by atoms with Gasteiger partial charge >= 0.3 is 0 Å². The zero-order valence-electron chi connectivity index (χ0n) is 14.0. The summed E-state index contributed by atoms with van der Waals surface area (Å²) in [7, 11) is 7.08. The molecule has 1 N–H and O–H groups in total. The minimum Gasteiger partial charge on any atom is -0.493 e. The zero-order valence-corrected chi connectivity index (χ0v) is 14.8. The van der Waals surface area contributed by atoms with Gasteiger partial charge in [0.1, 0.15) is 9.88 Å². The Balaban J connectivity index is 2.17. The highest BCUT2D eigenvalue weighted by Gasteiger charge is 2.16. The molecule has 0 bridgehead atoms. The topological polar surface area (TPSA) is 63.7 Å². The van der Waals surface area contributed by atoms with E-state index in [1.807, 2.05) is 25.9 Å². The van der Waals surface area contributed by atoms with Crippen LogP contribution in [0.4, 0.5) is 5.69 Å². The summed E-state index contributed by atoms with van der Waals surface area (Å²) in [5.74, 6) is 1.02. The summed E-state index contributed by atoms with van der Waals surface area (Å²) in [5.41, 5.74) is 1.39. The molecule has 7 heteroatoms. The van der Waals surface area contributed by atoms with Crippen LogP contribution in [0.2, 0.25) is 0 Å². The van der Waals surface area contributed by atoms with Gasteiger partial charge in [-0.2, -0.15) is 0 Å². The van der Waals surface area contributed by atoms with Gasteiger partial charge < -0.3 is 19.7 Å². The van der Waals surface area contributed by atoms with Crippen molar-refractivity contribution >= 4 is 22.9 Å². The Kier molecular flexibility index (Phi) is 5.57. The van der Waals surface area contributed by atoms with Gasteiger partial charge in [0.25, 0.3) is 5.91 Å². The SMILES string of the molecule is COc1ccc(NC(=O)c2sc(CN(C)C)nc2C)cc1OC. The molecule has 2 rings (SSSR count). The molecule has 0 aliphatic carbocycles. The third kappa shape index (κ3) is 4.20. The number of amides is 1. The summed E-state index contributed by atoms with van der Waals surface area (Å²) in [6, 6.07) is 5.26. The number of carbonyl (C=O) groups is 1. The maximum absolute atomic E-state index is 12.5. The molecule has 6 nitrogen and oxygen atoms in total. The third-order valence-corrected chi connectivity index (χ3v) is 4.28. The molecule has 0 saturated heterocycles. The summed E-state index contributed by atoms with van der Waals surface area (Å²) in [5, 5.41) is 3.80. The highest BCUT2D eigenvalue weighted by molar-refractivity contribution is 7.13. The monoisotopic (exact) mass is 335 g/mol. The highest BCUT2D eigenvalue weighted by Crippen LogP contribution is 2.30. The fourth-order valence-electron chi connectivity index (χ4n) is 2.10. The van der Waals surface area contributed by atoms with E-state index in [0.717, 1.165) is 17.2 Å². The van der Waals surface area contributed by atoms with Crippen molar-refractivity contribution in [3.63, 3.8) is 0 Å². The predicted octanol–water partition coefficient (Wildman–Crippen LogP) is 2.78. The lowest BCUT2D eigenvalue weighted by Crippen LogP contribution is -2.11. The van der Waals surface area contributed by atoms with Crippen LogP contribution in [0.25, 0.3) is 0 Å². The second-order valence-electron chi connectivity index (χ2n) is 5.28. The van der Waals surface area contributed by atoms with Crippen molar-refractivity contribution in [2.45, 2.75) is 13.5 Å². The van der Waals surface area contributed by atoms with Crippen LogP contribution < -0.4 is 14.8 Å². The molecule has 0 radical (unpaired) electrons. The molecule has 0 atom stereocenters. The number of anilines is 1. The lowest BCUT2D eigenvalue weighted by Gasteiger charge is -2.10. The Morgan fingerprint density at radius 3 is 2.57 bits per heavy atom. The minimum atomic E-state index is -0.169. The Labute approximate surface area is 140 Å². The summed E-state index contributed by atoms with van der Waals surface area (Å²) >= 11 is 1.41. The lowest BCUT2D eigenvalue weighted by atomic mass is 10.2. The molecule has 0 fully saturated rings. The molecule has 0 unspecified atom stereocenters. The van der Waals surface area contributed by atoms with E-state index < -0.39 is 0 Å². The maximum Gasteiger partial charge on any atom is 0.267 e. The standard InChI is InChI=1S/C16H21N3O3S/c1-10-15(23-14(17-10)9-19(2)3)16(20)18-11-6-7-12(21-4)13(8-11)22-5/h6-8H,9H2,1-5H3,(H,18,20). The van der Waals surface area contributed by atoms with Crippen molar-refractivity contribution in [3.05, 3.63) is 33.8 Å². The second-order valence-corrected chi connectivity index (χ2v) is 6.37. The van der Waals surface area contributed by atoms with Crippen LogP contribution in [0.3, 0.4) is 0 Å². The van der Waals surface area contributed by atoms with Crippen molar-refractivity contribution < 1.29 is 14.3 Å². The number of methoxy groups -OCH3 is 2. The first-order chi connectivity index (χ1) is 10.9. The number of ether oxygens (including phenoxy) is 2. The molecular formula is C16H21N3O3S. The number of nitrogens with zero attached hydrogens (tertiary/aromatic N) is 2. The molecule has 2 aromatic rings. The van der Waals surface area contributed by atoms with Gasteiger partial charge in [-0.05, 0) is 33.2 Å². The minimum absolute atomic E-state index is 0.169. The van der Waals surface area contributed by atoms with E-state index in [1.54, 1.807) is 32.4 Å². The van der Waals surface area contributed by atoms with Crippen molar-refractivity contribution in [1.29, 1.82) is 0 Å². The van der Waals surface area contributed by atoms with Gasteiger partial charge in [-0.15, -0.1) is 11.3 Å². The third-order valence-electron chi connectivity index (χ3n) is 3.14. The molecule has 0 aliphatic rings. The Morgan fingerprint density at radius 1 is 1.26 bits per heavy atom. The molecule has 1 aromatic carbocycles. The number of aromatic nitrogens is 1. The average Bonchev–Trinajstić information content (AvgIpc) is 2.86. The molecule has 1 amide bonds. The number of thiazole rings is 1. The normalized spacial score (nSPS) is 10.7. The van der Waals surface area contributed by atoms with Gasteiger partial charge in [0.05, 0.1) is 19.9 Å². The summed E-state index contributed by atoms with van der Waals surface area (Å²) in [4.78, 5) is 19.6. The Bertz CT molecular complexity index is 698. The summed E-state index contributed by atoms with van der Waals surface area (Å²) < 4.78 is 10.4. The number of hydrogen-bond donors (Lipinski definition) is 1. The van der Waals surface area contributed by atoms with Gasteiger partial charge in [-0.1, -0.05) is 0 Å². The smallest absolute Gasteiger partial charge is 0.267 e. The second kappa shape index (κ2) is 7.43. The molecular weight excluding hydrogens is 314 g/mol. The zero-order chi connectivity index (χ0) is 17.0. The van der Waals surface area contributed by atoms with Crippen LogP contribution in [0.1, 0.15) is 20.4 Å². The number of nitrogens with one attached hydrogen (secondary N) is 1. The van der Waals surface area contributed by atoms with Crippen molar-refractivity contribution in [3.8, 4) is 11.5 Å². The van der Waals surface area contributed by atoms with E-state index in [0.29, 0.717) is 22.1 Å². The van der Waals surface area contributed by atoms with E-state index in [2.05, 4.69) is 10.3 Å². The maximum atomic E-state index is 12.5. The van der Waals surface area contributed by atoms with Crippen LogP contribution >= 0.6 is 11.3 Å². The predicted molar refractivity (Wildman–Crippen MR) is 91.7 cm³/mol. The summed E-state index contributed by atoms with van der Waals surface area (Å²) in [6.07, 6.45) is 0. The number of aryl methyl sites for hydroxylation is 1. The van der Waals surface area contributed by atoms with E-state index in [1.165, 1.54) is 11.3 Å². The number of benzene rings is 1. The molecule has 1 aromatic heterocycles. The Hall–Kier alpha value is -2.12. The van der Waals surface area contributed by atoms with E-state index in [4.69, 9.17) is 9.47 Å². The average molecular weight is 335 g/mol. The van der Waals surface area contributed by atoms with Gasteiger partial charge in [0.2, 0.25) is 0 Å². The largest absolute Gasteiger partial charge is 0.493 e. The van der Waals surface area contributed by atoms with Crippen LogP contribution in [0.15, 0.2) is 18.2 Å². The van der Waals surface area contributed by atoms with Crippen LogP contribution in [0.5, 0.6) is 11.5 Å². The van der Waals surface area contributed by atoms with Gasteiger partial charge in [-0.25, -0.2) is 4.98 Å². The summed E-state index contributed by atoms with van der Waals surface area (Å²) in [6.45, 7) is 2.56. The van der Waals surface area contributed by atoms with E-state index in [9.17, 15) is 4.79 Å². The first-order valence-corrected chi connectivity index (χ1v) is 7.90.